The number of aromatic amines is 1. The molecule has 7 heteroatoms. The first-order chi connectivity index (χ1) is 15.6. The monoisotopic (exact) mass is 443 g/mol. The van der Waals surface area contributed by atoms with Gasteiger partial charge in [0.25, 0.3) is 0 Å². The number of carbonyl (C=O) groups excluding carboxylic acids is 1. The molecule has 0 unspecified atom stereocenters. The summed E-state index contributed by atoms with van der Waals surface area (Å²) in [6.07, 6.45) is 2.57. The molecule has 1 aliphatic heterocycles. The van der Waals surface area contributed by atoms with Crippen LogP contribution in [0.25, 0.3) is 22.6 Å². The Bertz CT molecular complexity index is 1280. The minimum atomic E-state index is -0.385. The number of hydrogen-bond acceptors (Lipinski definition) is 3. The van der Waals surface area contributed by atoms with Gasteiger partial charge >= 0.3 is 6.03 Å². The van der Waals surface area contributed by atoms with Crippen LogP contribution in [0.1, 0.15) is 11.1 Å². The molecule has 0 fully saturated rings. The maximum atomic E-state index is 11.5. The van der Waals surface area contributed by atoms with Crippen LogP contribution < -0.4 is 11.1 Å². The topological polar surface area (TPSA) is 87.0 Å². The molecule has 0 radical (unpaired) electrons. The third-order valence-corrected chi connectivity index (χ3v) is 6.07. The van der Waals surface area contributed by atoms with Crippen molar-refractivity contribution in [3.05, 3.63) is 89.1 Å². The molecule has 4 aromatic rings. The van der Waals surface area contributed by atoms with Crippen LogP contribution in [0.2, 0.25) is 5.02 Å². The molecule has 32 heavy (non-hydrogen) atoms. The van der Waals surface area contributed by atoms with Crippen LogP contribution in [0.4, 0.5) is 16.2 Å². The average molecular weight is 444 g/mol. The van der Waals surface area contributed by atoms with Gasteiger partial charge in [-0.05, 0) is 47.4 Å². The van der Waals surface area contributed by atoms with E-state index in [0.29, 0.717) is 23.9 Å². The van der Waals surface area contributed by atoms with Gasteiger partial charge in [-0.15, -0.1) is 0 Å². The standard InChI is InChI=1S/C25H22ClN5O/c26-21-10-9-18(13-20(21)24-28-14-23(30-24)16-5-2-1-3-6-16)29-22-8-4-7-17-15-31(25(27)32)12-11-19(17)22/h1-10,13-14,29H,11-12,15H2,(H2,27,32)(H,28,30). The fraction of sp³-hybridized carbons (Fsp3) is 0.120. The summed E-state index contributed by atoms with van der Waals surface area (Å²) in [7, 11) is 0. The van der Waals surface area contributed by atoms with Crippen molar-refractivity contribution >= 4 is 29.0 Å². The van der Waals surface area contributed by atoms with Gasteiger partial charge in [0.2, 0.25) is 0 Å². The van der Waals surface area contributed by atoms with Crippen LogP contribution in [-0.4, -0.2) is 27.4 Å². The van der Waals surface area contributed by atoms with E-state index in [9.17, 15) is 4.79 Å². The van der Waals surface area contributed by atoms with Gasteiger partial charge in [-0.2, -0.15) is 0 Å². The summed E-state index contributed by atoms with van der Waals surface area (Å²) >= 11 is 6.51. The first-order valence-electron chi connectivity index (χ1n) is 10.4. The highest BCUT2D eigenvalue weighted by Gasteiger charge is 2.21. The Labute approximate surface area is 191 Å². The van der Waals surface area contributed by atoms with Crippen molar-refractivity contribution in [2.45, 2.75) is 13.0 Å². The van der Waals surface area contributed by atoms with E-state index >= 15 is 0 Å². The van der Waals surface area contributed by atoms with Crippen LogP contribution in [0, 0.1) is 0 Å². The Morgan fingerprint density at radius 2 is 1.94 bits per heavy atom. The van der Waals surface area contributed by atoms with Crippen LogP contribution in [0.5, 0.6) is 0 Å². The number of imidazole rings is 1. The summed E-state index contributed by atoms with van der Waals surface area (Å²) < 4.78 is 0. The fourth-order valence-electron chi connectivity index (χ4n) is 4.08. The lowest BCUT2D eigenvalue weighted by molar-refractivity contribution is 0.202. The normalized spacial score (nSPS) is 13.0. The number of urea groups is 1. The van der Waals surface area contributed by atoms with Crippen LogP contribution in [0.3, 0.4) is 0 Å². The molecule has 5 rings (SSSR count). The second kappa shape index (κ2) is 8.40. The maximum absolute atomic E-state index is 11.5. The summed E-state index contributed by atoms with van der Waals surface area (Å²) in [5.41, 5.74) is 12.5. The highest BCUT2D eigenvalue weighted by atomic mass is 35.5. The highest BCUT2D eigenvalue weighted by molar-refractivity contribution is 6.33. The number of nitrogens with two attached hydrogens (primary N) is 1. The third-order valence-electron chi connectivity index (χ3n) is 5.74. The number of nitrogens with zero attached hydrogens (tertiary/aromatic N) is 2. The zero-order chi connectivity index (χ0) is 22.1. The Morgan fingerprint density at radius 1 is 1.09 bits per heavy atom. The maximum Gasteiger partial charge on any atom is 0.315 e. The first-order valence-corrected chi connectivity index (χ1v) is 10.8. The number of fused-ring (bicyclic) bond motifs is 1. The fourth-order valence-corrected chi connectivity index (χ4v) is 4.28. The summed E-state index contributed by atoms with van der Waals surface area (Å²) in [5, 5.41) is 4.14. The largest absolute Gasteiger partial charge is 0.355 e. The minimum absolute atomic E-state index is 0.385. The van der Waals surface area contributed by atoms with Crippen molar-refractivity contribution in [3.8, 4) is 22.6 Å². The number of carbonyl (C=O) groups is 1. The highest BCUT2D eigenvalue weighted by Crippen LogP contribution is 2.33. The van der Waals surface area contributed by atoms with E-state index in [2.05, 4.69) is 15.3 Å². The van der Waals surface area contributed by atoms with Crippen molar-refractivity contribution in [1.82, 2.24) is 14.9 Å². The van der Waals surface area contributed by atoms with E-state index in [1.807, 2.05) is 72.9 Å². The van der Waals surface area contributed by atoms with Crippen LogP contribution >= 0.6 is 11.6 Å². The van der Waals surface area contributed by atoms with Gasteiger partial charge in [-0.1, -0.05) is 54.1 Å². The lowest BCUT2D eigenvalue weighted by atomic mass is 9.97. The number of H-pyrrole nitrogens is 1. The first kappa shape index (κ1) is 20.2. The van der Waals surface area contributed by atoms with Gasteiger partial charge in [0.1, 0.15) is 5.82 Å². The van der Waals surface area contributed by atoms with Crippen molar-refractivity contribution in [3.63, 3.8) is 0 Å². The zero-order valence-electron chi connectivity index (χ0n) is 17.3. The van der Waals surface area contributed by atoms with Crippen LogP contribution in [0.15, 0.2) is 72.9 Å². The molecule has 160 valence electrons. The molecular weight excluding hydrogens is 422 g/mol. The van der Waals surface area contributed by atoms with E-state index in [4.69, 9.17) is 17.3 Å². The molecule has 4 N–H and O–H groups in total. The van der Waals surface area contributed by atoms with Gasteiger partial charge in [-0.3, -0.25) is 0 Å². The lowest BCUT2D eigenvalue weighted by Crippen LogP contribution is -2.39. The molecule has 0 saturated carbocycles. The number of hydrogen-bond donors (Lipinski definition) is 3. The molecular formula is C25H22ClN5O. The van der Waals surface area contributed by atoms with Gasteiger partial charge in [0.15, 0.2) is 0 Å². The SMILES string of the molecule is NC(=O)N1CCc2c(cccc2Nc2ccc(Cl)c(-c3ncc(-c4ccccc4)[nH]3)c2)C1. The minimum Gasteiger partial charge on any atom is -0.355 e. The second-order valence-electron chi connectivity index (χ2n) is 7.78. The third kappa shape index (κ3) is 3.92. The van der Waals surface area contributed by atoms with E-state index in [1.54, 1.807) is 4.90 Å². The van der Waals surface area contributed by atoms with Gasteiger partial charge in [-0.25, -0.2) is 9.78 Å². The Morgan fingerprint density at radius 3 is 2.75 bits per heavy atom. The number of nitrogens with one attached hydrogen (secondary N) is 2. The van der Waals surface area contributed by atoms with E-state index in [-0.39, 0.29) is 6.03 Å². The predicted molar refractivity (Wildman–Crippen MR) is 128 cm³/mol. The van der Waals surface area contributed by atoms with Gasteiger partial charge < -0.3 is 20.9 Å². The number of aromatic nitrogens is 2. The molecule has 1 aliphatic rings. The molecule has 2 amide bonds. The molecule has 2 heterocycles. The Kier molecular flexibility index (Phi) is 5.29. The number of primary amides is 1. The van der Waals surface area contributed by atoms with E-state index in [0.717, 1.165) is 40.2 Å². The molecule has 0 atom stereocenters. The predicted octanol–water partition coefficient (Wildman–Crippen LogP) is 5.58. The molecule has 3 aromatic carbocycles. The molecule has 0 spiro atoms. The van der Waals surface area contributed by atoms with Crippen molar-refractivity contribution in [2.75, 3.05) is 11.9 Å². The Balaban J connectivity index is 1.43. The summed E-state index contributed by atoms with van der Waals surface area (Å²) in [5.74, 6) is 0.713. The number of rotatable bonds is 4. The zero-order valence-corrected chi connectivity index (χ0v) is 18.1. The quantitative estimate of drug-likeness (QED) is 0.385. The average Bonchev–Trinajstić information content (AvgIpc) is 3.31. The summed E-state index contributed by atoms with van der Waals surface area (Å²) in [6.45, 7) is 1.14. The molecule has 0 saturated heterocycles. The van der Waals surface area contributed by atoms with E-state index < -0.39 is 0 Å². The number of benzene rings is 3. The van der Waals surface area contributed by atoms with Crippen molar-refractivity contribution < 1.29 is 4.79 Å². The van der Waals surface area contributed by atoms with E-state index in [1.165, 1.54) is 5.56 Å². The van der Waals surface area contributed by atoms with Crippen LogP contribution in [-0.2, 0) is 13.0 Å². The second-order valence-corrected chi connectivity index (χ2v) is 8.19. The number of anilines is 2. The summed E-state index contributed by atoms with van der Waals surface area (Å²) in [4.78, 5) is 21.1. The lowest BCUT2D eigenvalue weighted by Gasteiger charge is -2.29. The van der Waals surface area contributed by atoms with Crippen molar-refractivity contribution in [1.29, 1.82) is 0 Å². The smallest absolute Gasteiger partial charge is 0.315 e. The molecule has 1 aromatic heterocycles. The molecule has 0 aliphatic carbocycles. The molecule has 6 nitrogen and oxygen atoms in total. The molecule has 0 bridgehead atoms. The van der Waals surface area contributed by atoms with Gasteiger partial charge in [0, 0.05) is 30.0 Å². The van der Waals surface area contributed by atoms with Gasteiger partial charge in [0.05, 0.1) is 16.9 Å². The van der Waals surface area contributed by atoms with Crippen molar-refractivity contribution in [2.24, 2.45) is 5.73 Å². The number of amides is 2. The Hall–Kier alpha value is -3.77. The summed E-state index contributed by atoms with van der Waals surface area (Å²) in [6, 6.07) is 21.6. The number of halogens is 1.